The third-order valence-corrected chi connectivity index (χ3v) is 7.32. The van der Waals surface area contributed by atoms with Gasteiger partial charge in [0.15, 0.2) is 0 Å². The van der Waals surface area contributed by atoms with Crippen molar-refractivity contribution in [1.29, 1.82) is 0 Å². The van der Waals surface area contributed by atoms with Gasteiger partial charge in [0.1, 0.15) is 0 Å². The quantitative estimate of drug-likeness (QED) is 0.689. The fourth-order valence-corrected chi connectivity index (χ4v) is 5.54. The molecule has 2 aromatic carbocycles. The van der Waals surface area contributed by atoms with Gasteiger partial charge in [-0.1, -0.05) is 0 Å². The molecule has 0 aromatic heterocycles. The van der Waals surface area contributed by atoms with Crippen molar-refractivity contribution < 1.29 is 9.47 Å². The molecule has 2 aromatic rings. The molecule has 0 unspecified atom stereocenters. The van der Waals surface area contributed by atoms with E-state index in [0.717, 1.165) is 13.0 Å². The predicted molar refractivity (Wildman–Crippen MR) is 95.2 cm³/mol. The molecule has 122 valence electrons. The van der Waals surface area contributed by atoms with Gasteiger partial charge >= 0.3 is 145 Å². The van der Waals surface area contributed by atoms with Crippen molar-refractivity contribution in [2.75, 3.05) is 6.61 Å². The molecule has 2 nitrogen and oxygen atoms in total. The maximum absolute atomic E-state index is 6.21. The van der Waals surface area contributed by atoms with Crippen molar-refractivity contribution in [3.05, 3.63) is 66.2 Å². The van der Waals surface area contributed by atoms with Crippen molar-refractivity contribution in [1.82, 2.24) is 0 Å². The molecular formula is C20H24O2Se. The van der Waals surface area contributed by atoms with Crippen LogP contribution in [0.1, 0.15) is 25.3 Å². The summed E-state index contributed by atoms with van der Waals surface area (Å²) < 4.78 is 13.6. The molecule has 0 radical (unpaired) electrons. The Balaban J connectivity index is 1.64. The van der Waals surface area contributed by atoms with Crippen molar-refractivity contribution in [2.45, 2.75) is 43.4 Å². The molecule has 3 rings (SSSR count). The minimum absolute atomic E-state index is 0.207. The Bertz CT molecular complexity index is 567. The zero-order valence-corrected chi connectivity index (χ0v) is 15.3. The van der Waals surface area contributed by atoms with E-state index in [4.69, 9.17) is 9.47 Å². The van der Waals surface area contributed by atoms with Crippen molar-refractivity contribution >= 4 is 19.4 Å². The summed E-state index contributed by atoms with van der Waals surface area (Å²) in [4.78, 5) is 0.469. The van der Waals surface area contributed by atoms with Crippen LogP contribution in [0.2, 0.25) is 4.82 Å². The molecule has 0 bridgehead atoms. The zero-order valence-electron chi connectivity index (χ0n) is 13.6. The van der Waals surface area contributed by atoms with Gasteiger partial charge in [-0.05, 0) is 0 Å². The van der Waals surface area contributed by atoms with Gasteiger partial charge in [-0.3, -0.25) is 0 Å². The third-order valence-electron chi connectivity index (χ3n) is 4.17. The van der Waals surface area contributed by atoms with Gasteiger partial charge in [-0.15, -0.1) is 0 Å². The van der Waals surface area contributed by atoms with Crippen LogP contribution < -0.4 is 4.46 Å². The Morgan fingerprint density at radius 1 is 1.09 bits per heavy atom. The number of rotatable bonds is 7. The van der Waals surface area contributed by atoms with Crippen molar-refractivity contribution in [3.63, 3.8) is 0 Å². The summed E-state index contributed by atoms with van der Waals surface area (Å²) in [6.07, 6.45) is 2.90. The van der Waals surface area contributed by atoms with Crippen LogP contribution in [0.15, 0.2) is 60.7 Å². The van der Waals surface area contributed by atoms with Gasteiger partial charge in [0, 0.05) is 0 Å². The van der Waals surface area contributed by atoms with Crippen LogP contribution in [0.4, 0.5) is 0 Å². The molecule has 0 amide bonds. The first-order chi connectivity index (χ1) is 11.3. The van der Waals surface area contributed by atoms with Crippen LogP contribution in [0, 0.1) is 0 Å². The van der Waals surface area contributed by atoms with Crippen LogP contribution in [0.5, 0.6) is 0 Å². The summed E-state index contributed by atoms with van der Waals surface area (Å²) in [6.45, 7) is 3.79. The Kier molecular flexibility index (Phi) is 6.29. The Morgan fingerprint density at radius 2 is 1.78 bits per heavy atom. The summed E-state index contributed by atoms with van der Waals surface area (Å²) >= 11 is 0.367. The van der Waals surface area contributed by atoms with E-state index in [0.29, 0.717) is 32.5 Å². The fourth-order valence-electron chi connectivity index (χ4n) is 2.89. The third kappa shape index (κ3) is 4.92. The molecule has 0 aliphatic carbocycles. The number of hydrogen-bond acceptors (Lipinski definition) is 2. The molecule has 1 saturated heterocycles. The number of benzene rings is 2. The van der Waals surface area contributed by atoms with Crippen LogP contribution in [-0.4, -0.2) is 33.8 Å². The average Bonchev–Trinajstić information content (AvgIpc) is 3.14. The van der Waals surface area contributed by atoms with E-state index in [1.807, 2.05) is 6.07 Å². The second-order valence-corrected chi connectivity index (χ2v) is 8.57. The van der Waals surface area contributed by atoms with Crippen molar-refractivity contribution in [3.8, 4) is 0 Å². The van der Waals surface area contributed by atoms with Crippen LogP contribution in [0.3, 0.4) is 0 Å². The summed E-state index contributed by atoms with van der Waals surface area (Å²) in [5.41, 5.74) is 1.23. The molecule has 3 heteroatoms. The molecule has 23 heavy (non-hydrogen) atoms. The molecule has 3 atom stereocenters. The van der Waals surface area contributed by atoms with E-state index in [1.54, 1.807) is 0 Å². The number of ether oxygens (including phenoxy) is 2. The van der Waals surface area contributed by atoms with Gasteiger partial charge in [0.2, 0.25) is 0 Å². The zero-order chi connectivity index (χ0) is 15.9. The van der Waals surface area contributed by atoms with E-state index >= 15 is 0 Å². The number of hydrogen-bond donors (Lipinski definition) is 0. The Labute approximate surface area is 145 Å². The first-order valence-corrected chi connectivity index (χ1v) is 10.2. The monoisotopic (exact) mass is 376 g/mol. The van der Waals surface area contributed by atoms with E-state index in [1.165, 1.54) is 16.4 Å². The normalized spacial score (nSPS) is 20.3. The van der Waals surface area contributed by atoms with Crippen LogP contribution in [0.25, 0.3) is 0 Å². The van der Waals surface area contributed by atoms with Gasteiger partial charge < -0.3 is 0 Å². The van der Waals surface area contributed by atoms with Crippen LogP contribution in [-0.2, 0) is 16.1 Å². The fraction of sp³-hybridized carbons (Fsp3) is 0.400. The second kappa shape index (κ2) is 8.65. The van der Waals surface area contributed by atoms with Gasteiger partial charge in [0.25, 0.3) is 0 Å². The summed E-state index contributed by atoms with van der Waals surface area (Å²) in [6, 6.07) is 21.2. The predicted octanol–water partition coefficient (Wildman–Crippen LogP) is 3.59. The average molecular weight is 375 g/mol. The summed E-state index contributed by atoms with van der Waals surface area (Å²) in [5, 5.41) is 0. The van der Waals surface area contributed by atoms with Crippen LogP contribution >= 0.6 is 0 Å². The molecule has 1 aliphatic rings. The van der Waals surface area contributed by atoms with E-state index in [9.17, 15) is 0 Å². The second-order valence-electron chi connectivity index (χ2n) is 5.95. The molecular weight excluding hydrogens is 351 g/mol. The molecule has 0 saturated carbocycles. The SMILES string of the molecule is C[C@H](OCc1ccccc1)[C@H]([Se]c1ccccc1)[C@@H]1CCCO1. The molecule has 0 N–H and O–H groups in total. The Hall–Kier alpha value is -1.12. The molecule has 1 heterocycles. The Morgan fingerprint density at radius 3 is 2.43 bits per heavy atom. The van der Waals surface area contributed by atoms with Gasteiger partial charge in [-0.2, -0.15) is 0 Å². The standard InChI is InChI=1S/C20H24O2Se/c1-16(22-15-17-9-4-2-5-10-17)20(19-13-8-14-21-19)23-18-11-6-3-7-12-18/h2-7,9-12,16,19-20H,8,13-15H2,1H3/t16-,19-,20-/m0/s1. The summed E-state index contributed by atoms with van der Waals surface area (Å²) in [5.74, 6) is 0. The first-order valence-electron chi connectivity index (χ1n) is 8.32. The maximum atomic E-state index is 6.21. The van der Waals surface area contributed by atoms with E-state index in [-0.39, 0.29) is 6.10 Å². The van der Waals surface area contributed by atoms with Gasteiger partial charge in [-0.25, -0.2) is 0 Å². The minimum atomic E-state index is 0.207. The molecule has 1 aliphatic heterocycles. The van der Waals surface area contributed by atoms with E-state index < -0.39 is 0 Å². The summed E-state index contributed by atoms with van der Waals surface area (Å²) in [7, 11) is 0. The molecule has 1 fully saturated rings. The van der Waals surface area contributed by atoms with Gasteiger partial charge in [0.05, 0.1) is 0 Å². The topological polar surface area (TPSA) is 18.5 Å². The molecule has 0 spiro atoms. The first kappa shape index (κ1) is 16.7. The van der Waals surface area contributed by atoms with E-state index in [2.05, 4.69) is 61.5 Å². The van der Waals surface area contributed by atoms with Crippen molar-refractivity contribution in [2.24, 2.45) is 0 Å².